The molecule has 0 aliphatic carbocycles. The number of hydrogen-bond acceptors (Lipinski definition) is 3. The molecule has 0 atom stereocenters. The van der Waals surface area contributed by atoms with Crippen LogP contribution in [0.1, 0.15) is 5.56 Å². The van der Waals surface area contributed by atoms with Crippen LogP contribution in [0.4, 0.5) is 0 Å². The third-order valence-corrected chi connectivity index (χ3v) is 4.13. The molecule has 0 saturated heterocycles. The Labute approximate surface area is 150 Å². The van der Waals surface area contributed by atoms with Crippen molar-refractivity contribution < 1.29 is 14.3 Å². The van der Waals surface area contributed by atoms with E-state index in [4.69, 9.17) is 21.1 Å². The summed E-state index contributed by atoms with van der Waals surface area (Å²) < 4.78 is 10.6. The fraction of sp³-hybridized carbons (Fsp3) is 0.211. The number of amides is 1. The summed E-state index contributed by atoms with van der Waals surface area (Å²) in [6, 6.07) is 12.8. The van der Waals surface area contributed by atoms with Crippen molar-refractivity contribution in [3.05, 3.63) is 59.2 Å². The van der Waals surface area contributed by atoms with E-state index in [0.29, 0.717) is 17.3 Å². The van der Waals surface area contributed by atoms with E-state index in [1.54, 1.807) is 31.4 Å². The van der Waals surface area contributed by atoms with Crippen molar-refractivity contribution in [2.45, 2.75) is 6.42 Å². The van der Waals surface area contributed by atoms with Crippen LogP contribution in [0.2, 0.25) is 5.02 Å². The van der Waals surface area contributed by atoms with Crippen molar-refractivity contribution in [3.8, 4) is 11.5 Å². The molecule has 2 aromatic carbocycles. The molecule has 0 unspecified atom stereocenters. The van der Waals surface area contributed by atoms with Gasteiger partial charge in [-0.1, -0.05) is 11.6 Å². The molecule has 25 heavy (non-hydrogen) atoms. The second-order valence-electron chi connectivity index (χ2n) is 5.57. The smallest absolute Gasteiger partial charge is 0.257 e. The summed E-state index contributed by atoms with van der Waals surface area (Å²) in [6.45, 7) is 0.522. The average molecular weight is 359 g/mol. The van der Waals surface area contributed by atoms with Crippen LogP contribution in [-0.4, -0.2) is 31.2 Å². The molecule has 0 spiro atoms. The maximum absolute atomic E-state index is 11.9. The second-order valence-corrected chi connectivity index (χ2v) is 6.00. The van der Waals surface area contributed by atoms with E-state index in [-0.39, 0.29) is 12.5 Å². The number of fused-ring (bicyclic) bond motifs is 1. The van der Waals surface area contributed by atoms with Crippen molar-refractivity contribution in [3.63, 3.8) is 0 Å². The predicted molar refractivity (Wildman–Crippen MR) is 98.5 cm³/mol. The highest BCUT2D eigenvalue weighted by Gasteiger charge is 2.07. The first-order valence-corrected chi connectivity index (χ1v) is 8.32. The standard InChI is InChI=1S/C19H19ClN2O3/c1-24-16-6-7-17-13(11-22-18(17)10-16)8-9-21-19(23)12-25-15-4-2-14(20)3-5-15/h2-7,10-11,22H,8-9,12H2,1H3,(H,21,23). The normalized spacial score (nSPS) is 10.6. The molecule has 0 bridgehead atoms. The molecular formula is C19H19ClN2O3. The fourth-order valence-corrected chi connectivity index (χ4v) is 2.69. The maximum atomic E-state index is 11.9. The number of hydrogen-bond donors (Lipinski definition) is 2. The van der Waals surface area contributed by atoms with Gasteiger partial charge in [0.2, 0.25) is 0 Å². The molecule has 1 amide bonds. The molecule has 0 aliphatic heterocycles. The number of carbonyl (C=O) groups excluding carboxylic acids is 1. The van der Waals surface area contributed by atoms with Gasteiger partial charge in [0, 0.05) is 34.7 Å². The molecule has 0 aliphatic rings. The Kier molecular flexibility index (Phi) is 5.46. The SMILES string of the molecule is COc1ccc2c(CCNC(=O)COc3ccc(Cl)cc3)c[nH]c2c1. The monoisotopic (exact) mass is 358 g/mol. The Balaban J connectivity index is 1.47. The summed E-state index contributed by atoms with van der Waals surface area (Å²) >= 11 is 5.81. The second kappa shape index (κ2) is 7.94. The van der Waals surface area contributed by atoms with Crippen molar-refractivity contribution in [2.24, 2.45) is 0 Å². The highest BCUT2D eigenvalue weighted by Crippen LogP contribution is 2.23. The summed E-state index contributed by atoms with van der Waals surface area (Å²) in [5.74, 6) is 1.27. The average Bonchev–Trinajstić information content (AvgIpc) is 3.03. The van der Waals surface area contributed by atoms with Gasteiger partial charge in [-0.2, -0.15) is 0 Å². The predicted octanol–water partition coefficient (Wildman–Crippen LogP) is 3.57. The number of methoxy groups -OCH3 is 1. The third kappa shape index (κ3) is 4.45. The van der Waals surface area contributed by atoms with Crippen LogP contribution in [0.15, 0.2) is 48.7 Å². The summed E-state index contributed by atoms with van der Waals surface area (Å²) in [5.41, 5.74) is 2.17. The zero-order valence-electron chi connectivity index (χ0n) is 13.8. The van der Waals surface area contributed by atoms with Gasteiger partial charge in [0.25, 0.3) is 5.91 Å². The van der Waals surface area contributed by atoms with Crippen LogP contribution in [0.5, 0.6) is 11.5 Å². The first kappa shape index (κ1) is 17.2. The zero-order valence-corrected chi connectivity index (χ0v) is 14.6. The molecule has 130 valence electrons. The maximum Gasteiger partial charge on any atom is 0.257 e. The lowest BCUT2D eigenvalue weighted by Gasteiger charge is -2.07. The molecular weight excluding hydrogens is 340 g/mol. The molecule has 3 aromatic rings. The lowest BCUT2D eigenvalue weighted by atomic mass is 10.1. The Morgan fingerprint density at radius 3 is 2.68 bits per heavy atom. The number of rotatable bonds is 7. The van der Waals surface area contributed by atoms with Gasteiger partial charge in [-0.15, -0.1) is 0 Å². The third-order valence-electron chi connectivity index (χ3n) is 3.87. The minimum Gasteiger partial charge on any atom is -0.497 e. The van der Waals surface area contributed by atoms with E-state index in [2.05, 4.69) is 10.3 Å². The summed E-state index contributed by atoms with van der Waals surface area (Å²) in [5, 5.41) is 4.63. The lowest BCUT2D eigenvalue weighted by Crippen LogP contribution is -2.30. The van der Waals surface area contributed by atoms with E-state index in [1.165, 1.54) is 0 Å². The van der Waals surface area contributed by atoms with Crippen LogP contribution < -0.4 is 14.8 Å². The van der Waals surface area contributed by atoms with E-state index >= 15 is 0 Å². The first-order valence-electron chi connectivity index (χ1n) is 7.95. The Bertz CT molecular complexity index is 859. The van der Waals surface area contributed by atoms with Gasteiger partial charge in [0.1, 0.15) is 11.5 Å². The molecule has 6 heteroatoms. The van der Waals surface area contributed by atoms with Gasteiger partial charge in [0.15, 0.2) is 6.61 Å². The number of benzene rings is 2. The van der Waals surface area contributed by atoms with E-state index in [0.717, 1.165) is 28.6 Å². The molecule has 0 fully saturated rings. The molecule has 5 nitrogen and oxygen atoms in total. The minimum absolute atomic E-state index is 0.0211. The van der Waals surface area contributed by atoms with E-state index < -0.39 is 0 Å². The van der Waals surface area contributed by atoms with Gasteiger partial charge < -0.3 is 19.8 Å². The topological polar surface area (TPSA) is 63.4 Å². The van der Waals surface area contributed by atoms with Crippen LogP contribution in [0, 0.1) is 0 Å². The highest BCUT2D eigenvalue weighted by molar-refractivity contribution is 6.30. The molecule has 3 rings (SSSR count). The fourth-order valence-electron chi connectivity index (χ4n) is 2.57. The minimum atomic E-state index is -0.156. The Morgan fingerprint density at radius 2 is 1.92 bits per heavy atom. The van der Waals surface area contributed by atoms with Crippen LogP contribution in [0.3, 0.4) is 0 Å². The Morgan fingerprint density at radius 1 is 1.16 bits per heavy atom. The van der Waals surface area contributed by atoms with Crippen LogP contribution in [-0.2, 0) is 11.2 Å². The summed E-state index contributed by atoms with van der Waals surface area (Å²) in [4.78, 5) is 15.1. The van der Waals surface area contributed by atoms with Gasteiger partial charge in [-0.05, 0) is 48.4 Å². The van der Waals surface area contributed by atoms with Gasteiger partial charge in [-0.3, -0.25) is 4.79 Å². The van der Waals surface area contributed by atoms with Gasteiger partial charge in [0.05, 0.1) is 7.11 Å². The van der Waals surface area contributed by atoms with E-state index in [9.17, 15) is 4.79 Å². The van der Waals surface area contributed by atoms with E-state index in [1.807, 2.05) is 24.4 Å². The zero-order chi connectivity index (χ0) is 17.6. The lowest BCUT2D eigenvalue weighted by molar-refractivity contribution is -0.123. The number of aromatic amines is 1. The number of halogens is 1. The van der Waals surface area contributed by atoms with Crippen LogP contribution >= 0.6 is 11.6 Å². The molecule has 0 saturated carbocycles. The molecule has 1 heterocycles. The number of nitrogens with one attached hydrogen (secondary N) is 2. The highest BCUT2D eigenvalue weighted by atomic mass is 35.5. The molecule has 2 N–H and O–H groups in total. The number of aromatic nitrogens is 1. The van der Waals surface area contributed by atoms with Crippen molar-refractivity contribution in [2.75, 3.05) is 20.3 Å². The molecule has 0 radical (unpaired) electrons. The number of ether oxygens (including phenoxy) is 2. The van der Waals surface area contributed by atoms with Gasteiger partial charge in [-0.25, -0.2) is 0 Å². The van der Waals surface area contributed by atoms with Gasteiger partial charge >= 0.3 is 0 Å². The van der Waals surface area contributed by atoms with Crippen molar-refractivity contribution in [1.29, 1.82) is 0 Å². The largest absolute Gasteiger partial charge is 0.497 e. The van der Waals surface area contributed by atoms with Crippen LogP contribution in [0.25, 0.3) is 10.9 Å². The van der Waals surface area contributed by atoms with Crippen molar-refractivity contribution in [1.82, 2.24) is 10.3 Å². The quantitative estimate of drug-likeness (QED) is 0.678. The van der Waals surface area contributed by atoms with Crippen molar-refractivity contribution >= 4 is 28.4 Å². The number of H-pyrrole nitrogens is 1. The summed E-state index contributed by atoms with van der Waals surface area (Å²) in [6.07, 6.45) is 2.69. The summed E-state index contributed by atoms with van der Waals surface area (Å²) in [7, 11) is 1.65. The first-order chi connectivity index (χ1) is 12.2. The molecule has 1 aromatic heterocycles. The number of carbonyl (C=O) groups is 1. The Hall–Kier alpha value is -2.66.